The number of carbonyl (C=O) groups excluding carboxylic acids is 3. The molecule has 2 bridgehead atoms. The average Bonchev–Trinajstić information content (AvgIpc) is 3.94. The number of hydrogen-bond donors (Lipinski definition) is 2. The van der Waals surface area contributed by atoms with Crippen molar-refractivity contribution in [2.75, 3.05) is 46.1 Å². The number of ether oxygens (including phenoxy) is 4. The number of aliphatic hydroxyl groups is 1. The molecule has 1 saturated heterocycles. The first-order valence-electron chi connectivity index (χ1n) is 20.5. The summed E-state index contributed by atoms with van der Waals surface area (Å²) in [5.74, 6) is 1.30. The molecule has 4 atom stereocenters. The number of benzene rings is 3. The molecule has 0 radical (unpaired) electrons. The first-order chi connectivity index (χ1) is 27.6. The molecule has 5 aliphatic rings. The van der Waals surface area contributed by atoms with E-state index in [0.717, 1.165) is 53.2 Å². The summed E-state index contributed by atoms with van der Waals surface area (Å²) in [6, 6.07) is 17.1. The monoisotopic (exact) mass is 820 g/mol. The van der Waals surface area contributed by atoms with Gasteiger partial charge in [0.2, 0.25) is 5.91 Å². The third-order valence-corrected chi connectivity index (χ3v) is 13.0. The Morgan fingerprint density at radius 1 is 0.965 bits per heavy atom. The number of halogens is 2. The van der Waals surface area contributed by atoms with E-state index in [1.807, 2.05) is 62.4 Å². The fourth-order valence-electron chi connectivity index (χ4n) is 9.41. The summed E-state index contributed by atoms with van der Waals surface area (Å²) < 4.78 is 22.6. The average molecular weight is 822 g/mol. The maximum atomic E-state index is 13.1. The number of piperidine rings is 1. The Balaban J connectivity index is 0.000000184. The summed E-state index contributed by atoms with van der Waals surface area (Å²) in [7, 11) is 0. The molecular formula is C45H54Cl2N2O8. The van der Waals surface area contributed by atoms with Gasteiger partial charge in [-0.05, 0) is 105 Å². The van der Waals surface area contributed by atoms with Crippen LogP contribution in [0.3, 0.4) is 0 Å². The molecule has 3 aliphatic carbocycles. The first kappa shape index (κ1) is 41.6. The zero-order chi connectivity index (χ0) is 40.2. The maximum Gasteiger partial charge on any atom is 0.311 e. The molecular weight excluding hydrogens is 767 g/mol. The highest BCUT2D eigenvalue weighted by Crippen LogP contribution is 2.65. The highest BCUT2D eigenvalue weighted by atomic mass is 35.5. The molecule has 1 amide bonds. The Hall–Kier alpha value is -3.51. The second kappa shape index (κ2) is 18.2. The summed E-state index contributed by atoms with van der Waals surface area (Å²) in [6.07, 6.45) is 5.84. The molecule has 0 aromatic heterocycles. The van der Waals surface area contributed by atoms with Crippen molar-refractivity contribution < 1.29 is 38.4 Å². The summed E-state index contributed by atoms with van der Waals surface area (Å²) in [5, 5.41) is 16.4. The molecule has 2 heterocycles. The zero-order valence-corrected chi connectivity index (χ0v) is 34.5. The van der Waals surface area contributed by atoms with Crippen molar-refractivity contribution in [1.82, 2.24) is 10.2 Å². The largest absolute Gasteiger partial charge is 0.477 e. The lowest BCUT2D eigenvalue weighted by Gasteiger charge is -2.62. The Morgan fingerprint density at radius 2 is 1.70 bits per heavy atom. The molecule has 3 aromatic carbocycles. The molecule has 57 heavy (non-hydrogen) atoms. The molecule has 306 valence electrons. The highest BCUT2D eigenvalue weighted by Gasteiger charge is 2.73. The lowest BCUT2D eigenvalue weighted by molar-refractivity contribution is -0.188. The van der Waals surface area contributed by atoms with E-state index < -0.39 is 17.1 Å². The van der Waals surface area contributed by atoms with Crippen LogP contribution >= 0.6 is 23.2 Å². The van der Waals surface area contributed by atoms with Gasteiger partial charge in [-0.15, -0.1) is 0 Å². The second-order valence-electron chi connectivity index (χ2n) is 15.8. The minimum atomic E-state index is -1.00. The van der Waals surface area contributed by atoms with Crippen molar-refractivity contribution in [3.8, 4) is 11.5 Å². The van der Waals surface area contributed by atoms with Gasteiger partial charge in [0.1, 0.15) is 0 Å². The Morgan fingerprint density at radius 3 is 2.44 bits per heavy atom. The number of rotatable bonds is 16. The van der Waals surface area contributed by atoms with Crippen molar-refractivity contribution in [3.05, 3.63) is 92.5 Å². The van der Waals surface area contributed by atoms with Gasteiger partial charge in [0, 0.05) is 73.8 Å². The van der Waals surface area contributed by atoms with Gasteiger partial charge in [-0.25, -0.2) is 0 Å². The van der Waals surface area contributed by atoms with E-state index in [2.05, 4.69) is 10.2 Å². The summed E-state index contributed by atoms with van der Waals surface area (Å²) in [6.45, 7) is 8.58. The number of hydrogen-bond acceptors (Lipinski definition) is 9. The number of Topliss-reactive ketones (excluding diaryl/α,β-unsaturated/α-hetero) is 1. The number of nitrogens with zero attached hydrogens (tertiary/aromatic N) is 1. The minimum Gasteiger partial charge on any atom is -0.477 e. The van der Waals surface area contributed by atoms with Crippen molar-refractivity contribution in [2.45, 2.75) is 101 Å². The van der Waals surface area contributed by atoms with Crippen LogP contribution in [0.4, 0.5) is 0 Å². The van der Waals surface area contributed by atoms with Crippen molar-refractivity contribution in [2.24, 2.45) is 5.92 Å². The topological polar surface area (TPSA) is 124 Å². The van der Waals surface area contributed by atoms with Gasteiger partial charge in [-0.3, -0.25) is 19.3 Å². The summed E-state index contributed by atoms with van der Waals surface area (Å²) >= 11 is 12.5. The van der Waals surface area contributed by atoms with Crippen LogP contribution in [0.1, 0.15) is 86.6 Å². The van der Waals surface area contributed by atoms with E-state index in [1.54, 1.807) is 6.07 Å². The van der Waals surface area contributed by atoms with Gasteiger partial charge < -0.3 is 29.4 Å². The van der Waals surface area contributed by atoms with E-state index in [9.17, 15) is 19.5 Å². The molecule has 2 N–H and O–H groups in total. The molecule has 1 spiro atoms. The molecule has 12 heteroatoms. The molecule has 2 aliphatic heterocycles. The summed E-state index contributed by atoms with van der Waals surface area (Å²) in [5.41, 5.74) is 3.20. The smallest absolute Gasteiger partial charge is 0.311 e. The molecule has 8 rings (SSSR count). The highest BCUT2D eigenvalue weighted by molar-refractivity contribution is 6.36. The third-order valence-electron chi connectivity index (χ3n) is 12.3. The lowest BCUT2D eigenvalue weighted by Crippen LogP contribution is -2.76. The van der Waals surface area contributed by atoms with Gasteiger partial charge in [0.25, 0.3) is 0 Å². The van der Waals surface area contributed by atoms with E-state index >= 15 is 0 Å². The molecule has 10 nitrogen and oxygen atoms in total. The maximum absolute atomic E-state index is 13.1. The first-order valence-corrected chi connectivity index (χ1v) is 21.3. The van der Waals surface area contributed by atoms with Crippen molar-refractivity contribution in [3.63, 3.8) is 0 Å². The van der Waals surface area contributed by atoms with Gasteiger partial charge in [-0.2, -0.15) is 0 Å². The number of ketones is 1. The number of likely N-dealkylation sites (tertiary alicyclic amines) is 1. The van der Waals surface area contributed by atoms with Gasteiger partial charge >= 0.3 is 5.97 Å². The molecule has 3 fully saturated rings. The quantitative estimate of drug-likeness (QED) is 0.0911. The Labute approximate surface area is 345 Å². The fourth-order valence-corrected chi connectivity index (χ4v) is 9.94. The van der Waals surface area contributed by atoms with E-state index in [4.69, 9.17) is 42.1 Å². The van der Waals surface area contributed by atoms with Crippen LogP contribution in [-0.2, 0) is 48.5 Å². The van der Waals surface area contributed by atoms with Gasteiger partial charge in [-0.1, -0.05) is 59.6 Å². The van der Waals surface area contributed by atoms with Crippen LogP contribution in [0.2, 0.25) is 10.0 Å². The summed E-state index contributed by atoms with van der Waals surface area (Å²) in [4.78, 5) is 40.2. The minimum absolute atomic E-state index is 0.00327. The zero-order valence-electron chi connectivity index (χ0n) is 33.0. The van der Waals surface area contributed by atoms with E-state index in [-0.39, 0.29) is 30.1 Å². The van der Waals surface area contributed by atoms with Crippen LogP contribution in [0.25, 0.3) is 0 Å². The Bertz CT molecular complexity index is 1930. The number of esters is 1. The van der Waals surface area contributed by atoms with Crippen LogP contribution in [0.15, 0.2) is 54.6 Å². The number of carbonyl (C=O) groups is 3. The second-order valence-corrected chi connectivity index (χ2v) is 16.7. The molecule has 2 saturated carbocycles. The normalized spacial score (nSPS) is 24.2. The number of amides is 1. The van der Waals surface area contributed by atoms with Gasteiger partial charge in [0.05, 0.1) is 24.0 Å². The van der Waals surface area contributed by atoms with Crippen LogP contribution in [0, 0.1) is 5.92 Å². The van der Waals surface area contributed by atoms with Gasteiger partial charge in [0.15, 0.2) is 23.4 Å². The van der Waals surface area contributed by atoms with Crippen LogP contribution in [-0.4, -0.2) is 91.5 Å². The molecule has 3 aromatic rings. The predicted octanol–water partition coefficient (Wildman–Crippen LogP) is 6.82. The van der Waals surface area contributed by atoms with Crippen molar-refractivity contribution >= 4 is 40.9 Å². The van der Waals surface area contributed by atoms with E-state index in [1.165, 1.54) is 12.8 Å². The SMILES string of the molecule is CCOCCCC(=O)Oc1ccc2c3c1OC1C(=O)CC[C@@]4(O)C(C2)N(CC2CC2)CCC314.CCOCCNC(=O)Cc1ccccc1Cc1c(Cl)cccc1Cl. The van der Waals surface area contributed by atoms with Crippen LogP contribution in [0.5, 0.6) is 11.5 Å². The lowest BCUT2D eigenvalue weighted by atomic mass is 9.49. The third kappa shape index (κ3) is 8.63. The van der Waals surface area contributed by atoms with Crippen molar-refractivity contribution in [1.29, 1.82) is 0 Å². The van der Waals surface area contributed by atoms with E-state index in [0.29, 0.717) is 93.0 Å². The number of nitrogens with one attached hydrogen (secondary N) is 1. The molecule has 3 unspecified atom stereocenters. The standard InChI is InChI=1S/C26H33NO6.C19H21Cl2NO2/c1-2-31-13-3-4-21(29)32-19-8-7-17-14-20-26(30)10-9-18(28)24-25(26,22(17)23(19)33-24)11-12-27(20)15-16-5-6-16;1-2-24-11-10-22-19(23)13-15-7-4-3-6-14(15)12-16-17(20)8-5-9-18(16)21/h7-8,16,20,24,30H,2-6,9-15H2,1H3;3-9H,2,10-13H2,1H3,(H,22,23)/t20?,24?,25?,26-;/m1./s1. The fraction of sp³-hybridized carbons (Fsp3) is 0.533. The predicted molar refractivity (Wildman–Crippen MR) is 218 cm³/mol. The Kier molecular flexibility index (Phi) is 13.3. The van der Waals surface area contributed by atoms with Crippen LogP contribution < -0.4 is 14.8 Å².